The first-order valence-corrected chi connectivity index (χ1v) is 5.72. The molecule has 7 heteroatoms. The van der Waals surface area contributed by atoms with Crippen molar-refractivity contribution in [3.05, 3.63) is 12.2 Å². The minimum absolute atomic E-state index is 0.0807. The molecule has 0 bridgehead atoms. The highest BCUT2D eigenvalue weighted by Crippen LogP contribution is 2.15. The van der Waals surface area contributed by atoms with E-state index in [1.807, 2.05) is 13.8 Å². The summed E-state index contributed by atoms with van der Waals surface area (Å²) in [4.78, 5) is 17.9. The minimum Gasteiger partial charge on any atom is -0.393 e. The Kier molecular flexibility index (Phi) is 4.56. The predicted octanol–water partition coefficient (Wildman–Crippen LogP) is 0.321. The monoisotopic (exact) mass is 255 g/mol. The number of H-pyrrole nitrogens is 1. The van der Waals surface area contributed by atoms with Gasteiger partial charge in [-0.25, -0.2) is 4.98 Å². The number of hydrogen-bond donors (Lipinski definition) is 2. The molecule has 0 radical (unpaired) electrons. The SMILES string of the molecule is CC(C)C(C(=O)N(C)Cc1ncn[nH]1)C(N)=S. The molecular weight excluding hydrogens is 238 g/mol. The zero-order valence-electron chi connectivity index (χ0n) is 10.2. The van der Waals surface area contributed by atoms with Gasteiger partial charge in [-0.3, -0.25) is 9.89 Å². The van der Waals surface area contributed by atoms with Crippen molar-refractivity contribution in [1.29, 1.82) is 0 Å². The molecule has 0 spiro atoms. The summed E-state index contributed by atoms with van der Waals surface area (Å²) in [5.41, 5.74) is 5.60. The average Bonchev–Trinajstić information content (AvgIpc) is 2.68. The standard InChI is InChI=1S/C10H17N5OS/c1-6(2)8(9(11)17)10(16)15(3)4-7-12-5-13-14-7/h5-6,8H,4H2,1-3H3,(H2,11,17)(H,12,13,14). The van der Waals surface area contributed by atoms with Crippen LogP contribution in [0, 0.1) is 11.8 Å². The van der Waals surface area contributed by atoms with Crippen LogP contribution in [0.1, 0.15) is 19.7 Å². The normalized spacial score (nSPS) is 12.5. The largest absolute Gasteiger partial charge is 0.393 e. The number of hydrogen-bond acceptors (Lipinski definition) is 4. The Morgan fingerprint density at radius 3 is 2.71 bits per heavy atom. The van der Waals surface area contributed by atoms with Crippen LogP contribution in [0.25, 0.3) is 0 Å². The Morgan fingerprint density at radius 1 is 1.65 bits per heavy atom. The molecule has 6 nitrogen and oxygen atoms in total. The first kappa shape index (κ1) is 13.6. The number of amides is 1. The van der Waals surface area contributed by atoms with Gasteiger partial charge >= 0.3 is 0 Å². The van der Waals surface area contributed by atoms with Crippen LogP contribution < -0.4 is 5.73 Å². The molecule has 0 aliphatic rings. The molecule has 94 valence electrons. The molecular formula is C10H17N5OS. The van der Waals surface area contributed by atoms with Gasteiger partial charge in [0.05, 0.1) is 17.5 Å². The molecule has 1 unspecified atom stereocenters. The van der Waals surface area contributed by atoms with Crippen molar-refractivity contribution < 1.29 is 4.79 Å². The minimum atomic E-state index is -0.432. The molecule has 1 rings (SSSR count). The van der Waals surface area contributed by atoms with Gasteiger partial charge < -0.3 is 10.6 Å². The van der Waals surface area contributed by atoms with Crippen molar-refractivity contribution in [3.63, 3.8) is 0 Å². The lowest BCUT2D eigenvalue weighted by molar-refractivity contribution is -0.133. The van der Waals surface area contributed by atoms with Gasteiger partial charge in [-0.05, 0) is 5.92 Å². The first-order valence-electron chi connectivity index (χ1n) is 5.32. The number of thiocarbonyl (C=S) groups is 1. The highest BCUT2D eigenvalue weighted by Gasteiger charge is 2.28. The van der Waals surface area contributed by atoms with E-state index >= 15 is 0 Å². The number of nitrogens with zero attached hydrogens (tertiary/aromatic N) is 3. The summed E-state index contributed by atoms with van der Waals surface area (Å²) in [6.45, 7) is 4.21. The molecule has 0 aromatic carbocycles. The maximum Gasteiger partial charge on any atom is 0.232 e. The number of aromatic nitrogens is 3. The molecule has 1 aromatic heterocycles. The Hall–Kier alpha value is -1.50. The number of nitrogens with one attached hydrogen (secondary N) is 1. The van der Waals surface area contributed by atoms with Crippen molar-refractivity contribution in [2.24, 2.45) is 17.6 Å². The van der Waals surface area contributed by atoms with Gasteiger partial charge in [0.15, 0.2) is 0 Å². The van der Waals surface area contributed by atoms with Gasteiger partial charge in [-0.15, -0.1) is 0 Å². The second-order valence-electron chi connectivity index (χ2n) is 4.25. The topological polar surface area (TPSA) is 87.9 Å². The lowest BCUT2D eigenvalue weighted by atomic mass is 9.94. The Balaban J connectivity index is 2.70. The van der Waals surface area contributed by atoms with E-state index in [2.05, 4.69) is 15.2 Å². The van der Waals surface area contributed by atoms with E-state index in [0.717, 1.165) is 0 Å². The number of rotatable bonds is 5. The van der Waals surface area contributed by atoms with Crippen LogP contribution >= 0.6 is 12.2 Å². The van der Waals surface area contributed by atoms with E-state index in [1.54, 1.807) is 11.9 Å². The molecule has 1 atom stereocenters. The van der Waals surface area contributed by atoms with Crippen LogP contribution in [0.3, 0.4) is 0 Å². The summed E-state index contributed by atoms with van der Waals surface area (Å²) in [7, 11) is 1.69. The van der Waals surface area contributed by atoms with Gasteiger partial charge in [0.2, 0.25) is 5.91 Å². The third-order valence-electron chi connectivity index (χ3n) is 2.47. The summed E-state index contributed by atoms with van der Waals surface area (Å²) in [6, 6.07) is 0. The van der Waals surface area contributed by atoms with Gasteiger partial charge in [0.25, 0.3) is 0 Å². The number of carbonyl (C=O) groups excluding carboxylic acids is 1. The fourth-order valence-corrected chi connectivity index (χ4v) is 1.96. The third-order valence-corrected chi connectivity index (χ3v) is 2.72. The maximum atomic E-state index is 12.1. The quantitative estimate of drug-likeness (QED) is 0.740. The highest BCUT2D eigenvalue weighted by molar-refractivity contribution is 7.80. The average molecular weight is 255 g/mol. The van der Waals surface area contributed by atoms with Crippen LogP contribution in [0.15, 0.2) is 6.33 Å². The molecule has 17 heavy (non-hydrogen) atoms. The van der Waals surface area contributed by atoms with Crippen molar-refractivity contribution >= 4 is 23.1 Å². The molecule has 0 aliphatic heterocycles. The molecule has 0 saturated heterocycles. The van der Waals surface area contributed by atoms with E-state index in [4.69, 9.17) is 18.0 Å². The summed E-state index contributed by atoms with van der Waals surface area (Å²) in [5.74, 6) is 0.185. The zero-order chi connectivity index (χ0) is 13.0. The molecule has 0 saturated carbocycles. The summed E-state index contributed by atoms with van der Waals surface area (Å²) in [6.07, 6.45) is 1.40. The second kappa shape index (κ2) is 5.72. The first-order chi connectivity index (χ1) is 7.93. The number of nitrogens with two attached hydrogens (primary N) is 1. The van der Waals surface area contributed by atoms with Gasteiger partial charge in [0.1, 0.15) is 12.2 Å². The lowest BCUT2D eigenvalue weighted by Gasteiger charge is -2.24. The molecule has 1 heterocycles. The van der Waals surface area contributed by atoms with Gasteiger partial charge in [0, 0.05) is 7.05 Å². The summed E-state index contributed by atoms with van der Waals surface area (Å²) < 4.78 is 0. The summed E-state index contributed by atoms with van der Waals surface area (Å²) >= 11 is 4.93. The summed E-state index contributed by atoms with van der Waals surface area (Å²) in [5, 5.41) is 6.43. The molecule has 1 amide bonds. The van der Waals surface area contributed by atoms with E-state index in [-0.39, 0.29) is 16.8 Å². The van der Waals surface area contributed by atoms with Gasteiger partial charge in [-0.2, -0.15) is 5.10 Å². The Bertz CT molecular complexity index is 389. The van der Waals surface area contributed by atoms with E-state index in [0.29, 0.717) is 12.4 Å². The predicted molar refractivity (Wildman–Crippen MR) is 68.0 cm³/mol. The number of carbonyl (C=O) groups is 1. The molecule has 1 aromatic rings. The smallest absolute Gasteiger partial charge is 0.232 e. The van der Waals surface area contributed by atoms with Crippen LogP contribution in [0.4, 0.5) is 0 Å². The lowest BCUT2D eigenvalue weighted by Crippen LogP contribution is -2.41. The van der Waals surface area contributed by atoms with E-state index in [1.165, 1.54) is 6.33 Å². The van der Waals surface area contributed by atoms with Crippen LogP contribution in [-0.2, 0) is 11.3 Å². The van der Waals surface area contributed by atoms with Crippen molar-refractivity contribution in [2.45, 2.75) is 20.4 Å². The maximum absolute atomic E-state index is 12.1. The Labute approximate surface area is 106 Å². The third kappa shape index (κ3) is 3.48. The molecule has 0 fully saturated rings. The van der Waals surface area contributed by atoms with Gasteiger partial charge in [-0.1, -0.05) is 26.1 Å². The Morgan fingerprint density at radius 2 is 2.29 bits per heavy atom. The molecule has 0 aliphatic carbocycles. The second-order valence-corrected chi connectivity index (χ2v) is 4.72. The van der Waals surface area contributed by atoms with E-state index in [9.17, 15) is 4.79 Å². The molecule has 3 N–H and O–H groups in total. The fraction of sp³-hybridized carbons (Fsp3) is 0.600. The fourth-order valence-electron chi connectivity index (χ4n) is 1.58. The van der Waals surface area contributed by atoms with Crippen LogP contribution in [0.2, 0.25) is 0 Å². The van der Waals surface area contributed by atoms with Crippen LogP contribution in [-0.4, -0.2) is 38.0 Å². The highest BCUT2D eigenvalue weighted by atomic mass is 32.1. The number of aromatic amines is 1. The zero-order valence-corrected chi connectivity index (χ0v) is 11.0. The van der Waals surface area contributed by atoms with Crippen molar-refractivity contribution in [3.8, 4) is 0 Å². The van der Waals surface area contributed by atoms with Crippen LogP contribution in [0.5, 0.6) is 0 Å². The van der Waals surface area contributed by atoms with Crippen molar-refractivity contribution in [2.75, 3.05) is 7.05 Å². The van der Waals surface area contributed by atoms with Crippen molar-refractivity contribution in [1.82, 2.24) is 20.1 Å². The van der Waals surface area contributed by atoms with E-state index < -0.39 is 5.92 Å².